The fourth-order valence-corrected chi connectivity index (χ4v) is 1.80. The van der Waals surface area contributed by atoms with Crippen molar-refractivity contribution in [1.29, 1.82) is 0 Å². The van der Waals surface area contributed by atoms with Crippen LogP contribution in [0.15, 0.2) is 16.6 Å². The van der Waals surface area contributed by atoms with Crippen molar-refractivity contribution < 1.29 is 9.84 Å². The molecule has 1 N–H and O–H groups in total. The normalized spacial score (nSPS) is 10.6. The number of phenolic OH excluding ortho intramolecular Hbond substituents is 1. The minimum Gasteiger partial charge on any atom is -0.504 e. The van der Waals surface area contributed by atoms with Crippen molar-refractivity contribution in [2.24, 2.45) is 0 Å². The molecule has 0 radical (unpaired) electrons. The summed E-state index contributed by atoms with van der Waals surface area (Å²) in [7, 11) is 0. The summed E-state index contributed by atoms with van der Waals surface area (Å²) < 4.78 is 6.11. The van der Waals surface area contributed by atoms with Crippen LogP contribution in [0.3, 0.4) is 0 Å². The first-order valence-electron chi connectivity index (χ1n) is 4.71. The van der Waals surface area contributed by atoms with Gasteiger partial charge in [0.05, 0.1) is 11.1 Å². The summed E-state index contributed by atoms with van der Waals surface area (Å²) >= 11 is 3.38. The molecule has 0 atom stereocenters. The predicted molar refractivity (Wildman–Crippen MR) is 61.1 cm³/mol. The molecule has 0 fully saturated rings. The average molecular weight is 259 g/mol. The molecule has 1 rings (SSSR count). The monoisotopic (exact) mass is 258 g/mol. The van der Waals surface area contributed by atoms with Gasteiger partial charge < -0.3 is 9.84 Å². The summed E-state index contributed by atoms with van der Waals surface area (Å²) in [5.41, 5.74) is 1.10. The Kier molecular flexibility index (Phi) is 3.81. The molecule has 1 aromatic rings. The fraction of sp³-hybridized carbons (Fsp3) is 0.455. The van der Waals surface area contributed by atoms with Crippen LogP contribution in [0, 0.1) is 0 Å². The molecular formula is C11H15BrO2. The van der Waals surface area contributed by atoms with E-state index in [1.807, 2.05) is 13.0 Å². The maximum atomic E-state index is 9.70. The van der Waals surface area contributed by atoms with Gasteiger partial charge in [-0.1, -0.05) is 13.8 Å². The van der Waals surface area contributed by atoms with E-state index in [0.717, 1.165) is 10.0 Å². The number of aromatic hydroxyl groups is 1. The number of ether oxygens (including phenoxy) is 1. The molecule has 78 valence electrons. The lowest BCUT2D eigenvalue weighted by molar-refractivity contribution is 0.315. The van der Waals surface area contributed by atoms with E-state index in [0.29, 0.717) is 18.3 Å². The highest BCUT2D eigenvalue weighted by molar-refractivity contribution is 9.10. The average Bonchev–Trinajstić information content (AvgIpc) is 2.10. The van der Waals surface area contributed by atoms with Gasteiger partial charge in [0.2, 0.25) is 0 Å². The van der Waals surface area contributed by atoms with Gasteiger partial charge in [-0.25, -0.2) is 0 Å². The molecule has 0 aromatic heterocycles. The summed E-state index contributed by atoms with van der Waals surface area (Å²) in [6, 6.07) is 3.73. The zero-order valence-corrected chi connectivity index (χ0v) is 10.3. The van der Waals surface area contributed by atoms with Gasteiger partial charge in [-0.05, 0) is 46.5 Å². The minimum absolute atomic E-state index is 0.199. The summed E-state index contributed by atoms with van der Waals surface area (Å²) in [5.74, 6) is 1.12. The van der Waals surface area contributed by atoms with Crippen molar-refractivity contribution in [1.82, 2.24) is 0 Å². The number of halogens is 1. The summed E-state index contributed by atoms with van der Waals surface area (Å²) in [5, 5.41) is 9.70. The van der Waals surface area contributed by atoms with Gasteiger partial charge in [-0.15, -0.1) is 0 Å². The van der Waals surface area contributed by atoms with Gasteiger partial charge in [0.1, 0.15) is 0 Å². The molecule has 0 unspecified atom stereocenters. The molecule has 0 heterocycles. The highest BCUT2D eigenvalue weighted by Crippen LogP contribution is 2.37. The minimum atomic E-state index is 0.199. The van der Waals surface area contributed by atoms with Crippen LogP contribution in [-0.2, 0) is 0 Å². The molecule has 0 aliphatic rings. The lowest BCUT2D eigenvalue weighted by Crippen LogP contribution is -1.95. The van der Waals surface area contributed by atoms with Gasteiger partial charge in [0.15, 0.2) is 11.5 Å². The van der Waals surface area contributed by atoms with Crippen LogP contribution in [0.1, 0.15) is 32.3 Å². The lowest BCUT2D eigenvalue weighted by atomic mass is 10.0. The number of benzene rings is 1. The molecule has 0 saturated carbocycles. The van der Waals surface area contributed by atoms with Crippen LogP contribution in [-0.4, -0.2) is 11.7 Å². The zero-order chi connectivity index (χ0) is 10.7. The predicted octanol–water partition coefficient (Wildman–Crippen LogP) is 3.68. The van der Waals surface area contributed by atoms with Crippen molar-refractivity contribution in [3.8, 4) is 11.5 Å². The second-order valence-electron chi connectivity index (χ2n) is 3.44. The molecule has 0 bridgehead atoms. The van der Waals surface area contributed by atoms with Crippen LogP contribution in [0.25, 0.3) is 0 Å². The standard InChI is InChI=1S/C11H15BrO2/c1-4-14-11-9(12)5-8(7(2)3)6-10(11)13/h5-7,13H,4H2,1-3H3. The largest absolute Gasteiger partial charge is 0.504 e. The lowest BCUT2D eigenvalue weighted by Gasteiger charge is -2.12. The molecule has 2 nitrogen and oxygen atoms in total. The quantitative estimate of drug-likeness (QED) is 0.897. The number of rotatable bonds is 3. The van der Waals surface area contributed by atoms with Gasteiger partial charge in [-0.2, -0.15) is 0 Å². The number of hydrogen-bond donors (Lipinski definition) is 1. The van der Waals surface area contributed by atoms with Gasteiger partial charge in [0, 0.05) is 0 Å². The van der Waals surface area contributed by atoms with Crippen molar-refractivity contribution in [3.63, 3.8) is 0 Å². The topological polar surface area (TPSA) is 29.5 Å². The van der Waals surface area contributed by atoms with Crippen LogP contribution >= 0.6 is 15.9 Å². The van der Waals surface area contributed by atoms with E-state index in [4.69, 9.17) is 4.74 Å². The summed E-state index contributed by atoms with van der Waals surface area (Å²) in [6.45, 7) is 6.61. The Morgan fingerprint density at radius 2 is 2.07 bits per heavy atom. The first-order chi connectivity index (χ1) is 6.56. The Balaban J connectivity index is 3.11. The SMILES string of the molecule is CCOc1c(O)cc(C(C)C)cc1Br. The van der Waals surface area contributed by atoms with Crippen LogP contribution < -0.4 is 4.74 Å². The number of hydrogen-bond acceptors (Lipinski definition) is 2. The highest BCUT2D eigenvalue weighted by Gasteiger charge is 2.10. The fourth-order valence-electron chi connectivity index (χ4n) is 1.22. The third-order valence-corrected chi connectivity index (χ3v) is 2.59. The van der Waals surface area contributed by atoms with E-state index < -0.39 is 0 Å². The van der Waals surface area contributed by atoms with E-state index in [1.54, 1.807) is 6.07 Å². The molecule has 0 amide bonds. The van der Waals surface area contributed by atoms with Crippen molar-refractivity contribution in [3.05, 3.63) is 22.2 Å². The molecule has 0 spiro atoms. The molecule has 1 aromatic carbocycles. The zero-order valence-electron chi connectivity index (χ0n) is 8.67. The second kappa shape index (κ2) is 4.69. The van der Waals surface area contributed by atoms with E-state index in [1.165, 1.54) is 0 Å². The maximum Gasteiger partial charge on any atom is 0.175 e. The highest BCUT2D eigenvalue weighted by atomic mass is 79.9. The smallest absolute Gasteiger partial charge is 0.175 e. The third kappa shape index (κ3) is 2.41. The van der Waals surface area contributed by atoms with E-state index in [2.05, 4.69) is 29.8 Å². The third-order valence-electron chi connectivity index (χ3n) is 2.00. The summed E-state index contributed by atoms with van der Waals surface area (Å²) in [6.07, 6.45) is 0. The molecule has 0 aliphatic heterocycles. The molecule has 0 aliphatic carbocycles. The first kappa shape index (κ1) is 11.4. The second-order valence-corrected chi connectivity index (χ2v) is 4.29. The Labute approximate surface area is 93.0 Å². The molecule has 3 heteroatoms. The van der Waals surface area contributed by atoms with Gasteiger partial charge in [-0.3, -0.25) is 0 Å². The van der Waals surface area contributed by atoms with Crippen LogP contribution in [0.5, 0.6) is 11.5 Å². The Bertz CT molecular complexity index is 298. The van der Waals surface area contributed by atoms with E-state index in [-0.39, 0.29) is 5.75 Å². The van der Waals surface area contributed by atoms with E-state index in [9.17, 15) is 5.11 Å². The number of phenols is 1. The first-order valence-corrected chi connectivity index (χ1v) is 5.50. The summed E-state index contributed by atoms with van der Waals surface area (Å²) in [4.78, 5) is 0. The van der Waals surface area contributed by atoms with Gasteiger partial charge in [0.25, 0.3) is 0 Å². The van der Waals surface area contributed by atoms with Crippen molar-refractivity contribution >= 4 is 15.9 Å². The van der Waals surface area contributed by atoms with E-state index >= 15 is 0 Å². The van der Waals surface area contributed by atoms with Crippen molar-refractivity contribution in [2.45, 2.75) is 26.7 Å². The molecule has 14 heavy (non-hydrogen) atoms. The van der Waals surface area contributed by atoms with Crippen molar-refractivity contribution in [2.75, 3.05) is 6.61 Å². The van der Waals surface area contributed by atoms with Gasteiger partial charge >= 0.3 is 0 Å². The maximum absolute atomic E-state index is 9.70. The van der Waals surface area contributed by atoms with Crippen LogP contribution in [0.4, 0.5) is 0 Å². The van der Waals surface area contributed by atoms with Crippen LogP contribution in [0.2, 0.25) is 0 Å². The Morgan fingerprint density at radius 3 is 2.50 bits per heavy atom. The molecule has 0 saturated heterocycles. The molecular weight excluding hydrogens is 244 g/mol. The Morgan fingerprint density at radius 1 is 1.43 bits per heavy atom. The Hall–Kier alpha value is -0.700.